The number of hydrogen-bond acceptors (Lipinski definition) is 3. The van der Waals surface area contributed by atoms with Gasteiger partial charge in [-0.1, -0.05) is 12.1 Å². The number of rotatable bonds is 7. The van der Waals surface area contributed by atoms with Crippen molar-refractivity contribution in [3.63, 3.8) is 0 Å². The first kappa shape index (κ1) is 16.2. The SMILES string of the molecule is CCOC(=O)c1c[nH+]c2ccccc2c1NCCC[NH+](C)C. The van der Waals surface area contributed by atoms with Gasteiger partial charge in [0.15, 0.2) is 6.20 Å². The molecule has 118 valence electrons. The summed E-state index contributed by atoms with van der Waals surface area (Å²) >= 11 is 0. The van der Waals surface area contributed by atoms with E-state index in [4.69, 9.17) is 4.74 Å². The number of aromatic amines is 1. The van der Waals surface area contributed by atoms with Crippen LogP contribution in [0.15, 0.2) is 30.5 Å². The van der Waals surface area contributed by atoms with Gasteiger partial charge in [-0.15, -0.1) is 0 Å². The zero-order valence-electron chi connectivity index (χ0n) is 13.5. The van der Waals surface area contributed by atoms with Crippen molar-refractivity contribution >= 4 is 22.6 Å². The fraction of sp³-hybridized carbons (Fsp3) is 0.412. The summed E-state index contributed by atoms with van der Waals surface area (Å²) in [5, 5.41) is 4.42. The predicted octanol–water partition coefficient (Wildman–Crippen LogP) is 0.777. The van der Waals surface area contributed by atoms with Gasteiger partial charge < -0.3 is 15.0 Å². The second kappa shape index (κ2) is 7.75. The second-order valence-corrected chi connectivity index (χ2v) is 5.58. The first-order valence-corrected chi connectivity index (χ1v) is 7.77. The van der Waals surface area contributed by atoms with Crippen LogP contribution < -0.4 is 15.2 Å². The monoisotopic (exact) mass is 303 g/mol. The van der Waals surface area contributed by atoms with Crippen molar-refractivity contribution in [2.24, 2.45) is 0 Å². The highest BCUT2D eigenvalue weighted by molar-refractivity contribution is 6.03. The summed E-state index contributed by atoms with van der Waals surface area (Å²) in [5.74, 6) is -0.301. The Hall–Kier alpha value is -2.14. The molecule has 0 radical (unpaired) electrons. The number of aromatic nitrogens is 1. The van der Waals surface area contributed by atoms with E-state index >= 15 is 0 Å². The number of anilines is 1. The predicted molar refractivity (Wildman–Crippen MR) is 87.2 cm³/mol. The maximum Gasteiger partial charge on any atom is 0.346 e. The van der Waals surface area contributed by atoms with E-state index in [-0.39, 0.29) is 5.97 Å². The maximum absolute atomic E-state index is 12.2. The van der Waals surface area contributed by atoms with Crippen molar-refractivity contribution in [3.8, 4) is 0 Å². The van der Waals surface area contributed by atoms with Crippen molar-refractivity contribution in [1.82, 2.24) is 0 Å². The van der Waals surface area contributed by atoms with Gasteiger partial charge in [-0.2, -0.15) is 0 Å². The molecular weight excluding hydrogens is 278 g/mol. The maximum atomic E-state index is 12.2. The minimum atomic E-state index is -0.301. The van der Waals surface area contributed by atoms with Crippen molar-refractivity contribution in [2.75, 3.05) is 39.1 Å². The molecule has 1 heterocycles. The Labute approximate surface area is 131 Å². The number of fused-ring (bicyclic) bond motifs is 1. The summed E-state index contributed by atoms with van der Waals surface area (Å²) < 4.78 is 5.16. The Balaban J connectivity index is 2.29. The van der Waals surface area contributed by atoms with Gasteiger partial charge in [-0.05, 0) is 13.0 Å². The molecule has 0 bridgehead atoms. The van der Waals surface area contributed by atoms with E-state index in [1.807, 2.05) is 31.2 Å². The van der Waals surface area contributed by atoms with Gasteiger partial charge in [-0.25, -0.2) is 9.78 Å². The standard InChI is InChI=1S/C17H23N3O2/c1-4-22-17(21)14-12-19-15-9-6-5-8-13(15)16(14)18-10-7-11-20(2)3/h5-6,8-9,12H,4,7,10-11H2,1-3H3,(H,18,19)/p+2. The smallest absolute Gasteiger partial charge is 0.346 e. The molecule has 0 amide bonds. The first-order chi connectivity index (χ1) is 10.6. The number of pyridine rings is 1. The van der Waals surface area contributed by atoms with Crippen molar-refractivity contribution in [1.29, 1.82) is 0 Å². The fourth-order valence-electron chi connectivity index (χ4n) is 2.41. The van der Waals surface area contributed by atoms with E-state index in [9.17, 15) is 4.79 Å². The van der Waals surface area contributed by atoms with Crippen molar-refractivity contribution in [3.05, 3.63) is 36.0 Å². The molecule has 3 N–H and O–H groups in total. The Bertz CT molecular complexity index is 641. The van der Waals surface area contributed by atoms with Gasteiger partial charge in [0.25, 0.3) is 0 Å². The molecule has 1 aromatic heterocycles. The van der Waals surface area contributed by atoms with Gasteiger partial charge >= 0.3 is 5.97 Å². The molecule has 0 saturated heterocycles. The Kier molecular flexibility index (Phi) is 5.72. The van der Waals surface area contributed by atoms with Crippen LogP contribution in [0, 0.1) is 0 Å². The number of para-hydroxylation sites is 1. The summed E-state index contributed by atoms with van der Waals surface area (Å²) in [6.07, 6.45) is 2.76. The average Bonchev–Trinajstić information content (AvgIpc) is 2.51. The lowest BCUT2D eigenvalue weighted by Gasteiger charge is -2.12. The minimum Gasteiger partial charge on any atom is -0.462 e. The van der Waals surface area contributed by atoms with Crippen LogP contribution in [-0.2, 0) is 4.74 Å². The van der Waals surface area contributed by atoms with Crippen molar-refractivity contribution < 1.29 is 19.4 Å². The molecule has 5 nitrogen and oxygen atoms in total. The largest absolute Gasteiger partial charge is 0.462 e. The third-order valence-corrected chi connectivity index (χ3v) is 3.49. The number of hydrogen-bond donors (Lipinski definition) is 2. The molecular formula is C17H25N3O2+2. The lowest BCUT2D eigenvalue weighted by Crippen LogP contribution is -3.05. The second-order valence-electron chi connectivity index (χ2n) is 5.58. The molecule has 0 atom stereocenters. The van der Waals surface area contributed by atoms with Gasteiger partial charge in [0.2, 0.25) is 5.52 Å². The summed E-state index contributed by atoms with van der Waals surface area (Å²) in [4.78, 5) is 16.7. The molecule has 0 unspecified atom stereocenters. The molecule has 22 heavy (non-hydrogen) atoms. The Morgan fingerprint density at radius 1 is 1.32 bits per heavy atom. The molecule has 0 spiro atoms. The molecule has 1 aromatic carbocycles. The van der Waals surface area contributed by atoms with Crippen LogP contribution >= 0.6 is 0 Å². The molecule has 0 aliphatic carbocycles. The van der Waals surface area contributed by atoms with Gasteiger partial charge in [-0.3, -0.25) is 0 Å². The normalized spacial score (nSPS) is 10.9. The van der Waals surface area contributed by atoms with Crippen LogP contribution in [0.1, 0.15) is 23.7 Å². The highest BCUT2D eigenvalue weighted by atomic mass is 16.5. The Morgan fingerprint density at radius 2 is 2.09 bits per heavy atom. The molecule has 5 heteroatoms. The topological polar surface area (TPSA) is 56.9 Å². The number of carbonyl (C=O) groups is 1. The van der Waals surface area contributed by atoms with E-state index in [0.29, 0.717) is 12.2 Å². The van der Waals surface area contributed by atoms with Crippen LogP contribution in [-0.4, -0.2) is 39.8 Å². The van der Waals surface area contributed by atoms with E-state index in [0.717, 1.165) is 36.1 Å². The molecule has 0 saturated carbocycles. The number of nitrogens with one attached hydrogen (secondary N) is 3. The highest BCUT2D eigenvalue weighted by Crippen LogP contribution is 2.24. The number of benzene rings is 1. The molecule has 2 rings (SSSR count). The minimum absolute atomic E-state index is 0.301. The van der Waals surface area contributed by atoms with Gasteiger partial charge in [0.05, 0.1) is 38.3 Å². The summed E-state index contributed by atoms with van der Waals surface area (Å²) in [6, 6.07) is 7.95. The number of quaternary nitrogens is 1. The molecule has 0 aliphatic rings. The van der Waals surface area contributed by atoms with Gasteiger partial charge in [0, 0.05) is 19.0 Å². The number of H-pyrrole nitrogens is 1. The number of carbonyl (C=O) groups excluding carboxylic acids is 1. The Morgan fingerprint density at radius 3 is 2.82 bits per heavy atom. The third kappa shape index (κ3) is 3.95. The fourth-order valence-corrected chi connectivity index (χ4v) is 2.41. The van der Waals surface area contributed by atoms with E-state index in [2.05, 4.69) is 24.4 Å². The zero-order valence-corrected chi connectivity index (χ0v) is 13.5. The third-order valence-electron chi connectivity index (χ3n) is 3.49. The lowest BCUT2D eigenvalue weighted by molar-refractivity contribution is -0.858. The van der Waals surface area contributed by atoms with Crippen LogP contribution in [0.5, 0.6) is 0 Å². The zero-order chi connectivity index (χ0) is 15.9. The average molecular weight is 303 g/mol. The lowest BCUT2D eigenvalue weighted by atomic mass is 10.1. The first-order valence-electron chi connectivity index (χ1n) is 7.77. The molecule has 0 aliphatic heterocycles. The summed E-state index contributed by atoms with van der Waals surface area (Å²) in [7, 11) is 4.27. The van der Waals surface area contributed by atoms with Crippen LogP contribution in [0.25, 0.3) is 10.9 Å². The molecule has 0 fully saturated rings. The highest BCUT2D eigenvalue weighted by Gasteiger charge is 2.19. The van der Waals surface area contributed by atoms with E-state index < -0.39 is 0 Å². The molecule has 2 aromatic rings. The van der Waals surface area contributed by atoms with Crippen LogP contribution in [0.2, 0.25) is 0 Å². The van der Waals surface area contributed by atoms with Crippen LogP contribution in [0.3, 0.4) is 0 Å². The van der Waals surface area contributed by atoms with Crippen LogP contribution in [0.4, 0.5) is 5.69 Å². The van der Waals surface area contributed by atoms with Crippen molar-refractivity contribution in [2.45, 2.75) is 13.3 Å². The van der Waals surface area contributed by atoms with Gasteiger partial charge in [0.1, 0.15) is 5.56 Å². The van der Waals surface area contributed by atoms with E-state index in [1.54, 1.807) is 6.20 Å². The van der Waals surface area contributed by atoms with E-state index in [1.165, 1.54) is 4.90 Å². The number of esters is 1. The number of ether oxygens (including phenoxy) is 1. The summed E-state index contributed by atoms with van der Waals surface area (Å²) in [6.45, 7) is 4.09. The quantitative estimate of drug-likeness (QED) is 0.587. The summed E-state index contributed by atoms with van der Waals surface area (Å²) in [5.41, 5.74) is 2.40.